The van der Waals surface area contributed by atoms with Gasteiger partial charge in [0.1, 0.15) is 11.6 Å². The van der Waals surface area contributed by atoms with Crippen LogP contribution in [0.25, 0.3) is 0 Å². The number of hydrogen-bond acceptors (Lipinski definition) is 5. The zero-order valence-corrected chi connectivity index (χ0v) is 15.3. The number of ether oxygens (including phenoxy) is 2. The first-order valence-corrected chi connectivity index (χ1v) is 8.54. The van der Waals surface area contributed by atoms with Gasteiger partial charge in [-0.3, -0.25) is 0 Å². The van der Waals surface area contributed by atoms with Crippen LogP contribution < -0.4 is 5.32 Å². The van der Waals surface area contributed by atoms with Gasteiger partial charge < -0.3 is 14.8 Å². The van der Waals surface area contributed by atoms with Gasteiger partial charge in [0.2, 0.25) is 0 Å². The van der Waals surface area contributed by atoms with Crippen molar-refractivity contribution in [1.29, 1.82) is 0 Å². The molecule has 1 aliphatic rings. The van der Waals surface area contributed by atoms with Crippen molar-refractivity contribution in [2.45, 2.75) is 78.9 Å². The molecule has 23 heavy (non-hydrogen) atoms. The molecule has 1 atom stereocenters. The van der Waals surface area contributed by atoms with E-state index in [0.29, 0.717) is 18.6 Å². The highest BCUT2D eigenvalue weighted by Gasteiger charge is 2.30. The van der Waals surface area contributed by atoms with E-state index in [9.17, 15) is 9.59 Å². The molecule has 0 radical (unpaired) electrons. The second kappa shape index (κ2) is 8.37. The number of hydrogen-bond donors (Lipinski definition) is 1. The Hall–Kier alpha value is -1.52. The van der Waals surface area contributed by atoms with Gasteiger partial charge in [-0.25, -0.2) is 9.59 Å². The average Bonchev–Trinajstić information content (AvgIpc) is 2.43. The molecule has 132 valence electrons. The Morgan fingerprint density at radius 3 is 2.30 bits per heavy atom. The van der Waals surface area contributed by atoms with Crippen molar-refractivity contribution in [2.24, 2.45) is 5.92 Å². The largest absolute Gasteiger partial charge is 0.463 e. The van der Waals surface area contributed by atoms with Gasteiger partial charge in [-0.2, -0.15) is 0 Å². The number of carbonyl (C=O) groups is 2. The fraction of sp³-hybridized carbons (Fsp3) is 0.778. The first-order chi connectivity index (χ1) is 10.7. The molecule has 0 aromatic heterocycles. The van der Waals surface area contributed by atoms with Crippen LogP contribution in [0.5, 0.6) is 0 Å². The topological polar surface area (TPSA) is 64.6 Å². The lowest BCUT2D eigenvalue weighted by atomic mass is 9.94. The third-order valence-corrected chi connectivity index (χ3v) is 3.65. The standard InChI is InChI=1S/C18H31NO4/c1-7-22-16(20)13-10-8-9-11-14(13)19-15(12(2)3)17(21)23-18(4,5)6/h12,15,19H,7-11H2,1-6H3. The van der Waals surface area contributed by atoms with Gasteiger partial charge in [0.25, 0.3) is 0 Å². The van der Waals surface area contributed by atoms with Gasteiger partial charge in [-0.05, 0) is 59.3 Å². The van der Waals surface area contributed by atoms with Gasteiger partial charge in [-0.1, -0.05) is 13.8 Å². The van der Waals surface area contributed by atoms with Crippen molar-refractivity contribution in [3.05, 3.63) is 11.3 Å². The highest BCUT2D eigenvalue weighted by molar-refractivity contribution is 5.89. The molecule has 0 aromatic carbocycles. The van der Waals surface area contributed by atoms with Gasteiger partial charge in [0.05, 0.1) is 12.2 Å². The summed E-state index contributed by atoms with van der Waals surface area (Å²) < 4.78 is 10.6. The van der Waals surface area contributed by atoms with E-state index < -0.39 is 11.6 Å². The predicted octanol–water partition coefficient (Wildman–Crippen LogP) is 3.33. The minimum atomic E-state index is -0.531. The molecule has 5 heteroatoms. The molecule has 0 amide bonds. The Balaban J connectivity index is 2.96. The number of carbonyl (C=O) groups excluding carboxylic acids is 2. The molecule has 0 saturated carbocycles. The fourth-order valence-corrected chi connectivity index (χ4v) is 2.56. The predicted molar refractivity (Wildman–Crippen MR) is 89.7 cm³/mol. The molecular weight excluding hydrogens is 294 g/mol. The van der Waals surface area contributed by atoms with Crippen LogP contribution in [0.3, 0.4) is 0 Å². The number of allylic oxidation sites excluding steroid dienone is 1. The molecule has 0 heterocycles. The van der Waals surface area contributed by atoms with Crippen LogP contribution in [0.15, 0.2) is 11.3 Å². The summed E-state index contributed by atoms with van der Waals surface area (Å²) in [4.78, 5) is 24.6. The lowest BCUT2D eigenvalue weighted by molar-refractivity contribution is -0.158. The maximum atomic E-state index is 12.5. The van der Waals surface area contributed by atoms with Crippen LogP contribution in [0.4, 0.5) is 0 Å². The number of esters is 2. The zero-order chi connectivity index (χ0) is 17.6. The average molecular weight is 325 g/mol. The van der Waals surface area contributed by atoms with Gasteiger partial charge in [-0.15, -0.1) is 0 Å². The maximum absolute atomic E-state index is 12.5. The lowest BCUT2D eigenvalue weighted by Crippen LogP contribution is -2.45. The first kappa shape index (κ1) is 19.5. The second-order valence-electron chi connectivity index (χ2n) is 7.28. The molecule has 0 aliphatic heterocycles. The SMILES string of the molecule is CCOC(=O)C1=C(NC(C(=O)OC(C)(C)C)C(C)C)CCCC1. The van der Waals surface area contributed by atoms with Crippen molar-refractivity contribution >= 4 is 11.9 Å². The van der Waals surface area contributed by atoms with E-state index in [1.54, 1.807) is 6.92 Å². The van der Waals surface area contributed by atoms with Crippen molar-refractivity contribution in [1.82, 2.24) is 5.32 Å². The van der Waals surface area contributed by atoms with Gasteiger partial charge in [0.15, 0.2) is 0 Å². The molecule has 0 saturated heterocycles. The third-order valence-electron chi connectivity index (χ3n) is 3.65. The molecule has 1 rings (SSSR count). The smallest absolute Gasteiger partial charge is 0.335 e. The highest BCUT2D eigenvalue weighted by atomic mass is 16.6. The molecule has 1 unspecified atom stereocenters. The van der Waals surface area contributed by atoms with Crippen LogP contribution in [0.1, 0.15) is 67.2 Å². The van der Waals surface area contributed by atoms with E-state index in [-0.39, 0.29) is 17.9 Å². The van der Waals surface area contributed by atoms with Crippen molar-refractivity contribution in [3.63, 3.8) is 0 Å². The molecule has 0 fully saturated rings. The molecule has 0 spiro atoms. The monoisotopic (exact) mass is 325 g/mol. The van der Waals surface area contributed by atoms with Gasteiger partial charge in [0, 0.05) is 5.70 Å². The summed E-state index contributed by atoms with van der Waals surface area (Å²) in [6, 6.07) is -0.466. The van der Waals surface area contributed by atoms with Gasteiger partial charge >= 0.3 is 11.9 Å². The Morgan fingerprint density at radius 2 is 1.78 bits per heavy atom. The van der Waals surface area contributed by atoms with E-state index in [0.717, 1.165) is 25.0 Å². The second-order valence-corrected chi connectivity index (χ2v) is 7.28. The fourth-order valence-electron chi connectivity index (χ4n) is 2.56. The zero-order valence-electron chi connectivity index (χ0n) is 15.3. The van der Waals surface area contributed by atoms with E-state index in [4.69, 9.17) is 9.47 Å². The Labute approximate surface area is 139 Å². The number of nitrogens with one attached hydrogen (secondary N) is 1. The molecule has 1 aliphatic carbocycles. The van der Waals surface area contributed by atoms with E-state index in [1.165, 1.54) is 0 Å². The molecule has 0 bridgehead atoms. The maximum Gasteiger partial charge on any atom is 0.335 e. The normalized spacial score (nSPS) is 17.0. The minimum absolute atomic E-state index is 0.0581. The summed E-state index contributed by atoms with van der Waals surface area (Å²) in [7, 11) is 0. The Kier molecular flexibility index (Phi) is 7.10. The summed E-state index contributed by atoms with van der Waals surface area (Å²) in [6.07, 6.45) is 3.43. The Morgan fingerprint density at radius 1 is 1.17 bits per heavy atom. The molecule has 5 nitrogen and oxygen atoms in total. The summed E-state index contributed by atoms with van der Waals surface area (Å²) in [5.41, 5.74) is 0.975. The van der Waals surface area contributed by atoms with E-state index >= 15 is 0 Å². The Bertz CT molecular complexity index is 460. The first-order valence-electron chi connectivity index (χ1n) is 8.54. The molecule has 0 aromatic rings. The van der Waals surface area contributed by atoms with E-state index in [1.807, 2.05) is 34.6 Å². The summed E-state index contributed by atoms with van der Waals surface area (Å²) in [6.45, 7) is 11.6. The van der Waals surface area contributed by atoms with Crippen LogP contribution in [0, 0.1) is 5.92 Å². The van der Waals surface area contributed by atoms with Crippen molar-refractivity contribution < 1.29 is 19.1 Å². The van der Waals surface area contributed by atoms with Crippen molar-refractivity contribution in [2.75, 3.05) is 6.61 Å². The summed E-state index contributed by atoms with van der Waals surface area (Å²) >= 11 is 0. The third kappa shape index (κ3) is 6.24. The van der Waals surface area contributed by atoms with Crippen LogP contribution in [0.2, 0.25) is 0 Å². The highest BCUT2D eigenvalue weighted by Crippen LogP contribution is 2.25. The molecular formula is C18H31NO4. The summed E-state index contributed by atoms with van der Waals surface area (Å²) in [5.74, 6) is -0.502. The quantitative estimate of drug-likeness (QED) is 0.759. The lowest BCUT2D eigenvalue weighted by Gasteiger charge is -2.30. The van der Waals surface area contributed by atoms with Crippen LogP contribution >= 0.6 is 0 Å². The number of rotatable bonds is 6. The van der Waals surface area contributed by atoms with Crippen LogP contribution in [-0.2, 0) is 19.1 Å². The van der Waals surface area contributed by atoms with Crippen molar-refractivity contribution in [3.8, 4) is 0 Å². The minimum Gasteiger partial charge on any atom is -0.463 e. The van der Waals surface area contributed by atoms with Crippen LogP contribution in [-0.4, -0.2) is 30.2 Å². The van der Waals surface area contributed by atoms with E-state index in [2.05, 4.69) is 5.32 Å². The molecule has 1 N–H and O–H groups in total. The summed E-state index contributed by atoms with van der Waals surface area (Å²) in [5, 5.41) is 3.27.